The number of carbonyl (C=O) groups is 1. The number of carbonyl (C=O) groups excluding carboxylic acids is 1. The van der Waals surface area contributed by atoms with E-state index < -0.39 is 23.7 Å². The second kappa shape index (κ2) is 9.30. The summed E-state index contributed by atoms with van der Waals surface area (Å²) in [6.45, 7) is 4.12. The highest BCUT2D eigenvalue weighted by molar-refractivity contribution is 5.90. The molecule has 2 aromatic heterocycles. The van der Waals surface area contributed by atoms with Crippen molar-refractivity contribution >= 4 is 11.7 Å². The first-order valence-electron chi connectivity index (χ1n) is 12.3. The molecule has 3 aromatic carbocycles. The maximum atomic E-state index is 14.5. The summed E-state index contributed by atoms with van der Waals surface area (Å²) in [7, 11) is 0. The van der Waals surface area contributed by atoms with Crippen LogP contribution in [0.2, 0.25) is 0 Å². The van der Waals surface area contributed by atoms with Gasteiger partial charge in [0.2, 0.25) is 0 Å². The Bertz CT molecular complexity index is 1660. The number of fused-ring (bicyclic) bond motifs is 3. The molecule has 5 aromatic rings. The number of rotatable bonds is 3. The van der Waals surface area contributed by atoms with Gasteiger partial charge in [-0.3, -0.25) is 0 Å². The van der Waals surface area contributed by atoms with E-state index in [1.807, 2.05) is 91.5 Å². The van der Waals surface area contributed by atoms with Gasteiger partial charge in [-0.2, -0.15) is 5.10 Å². The molecule has 0 saturated carbocycles. The molecule has 190 valence electrons. The van der Waals surface area contributed by atoms with Crippen LogP contribution in [0.5, 0.6) is 0 Å². The van der Waals surface area contributed by atoms with Gasteiger partial charge in [-0.25, -0.2) is 18.3 Å². The van der Waals surface area contributed by atoms with Crippen molar-refractivity contribution in [2.75, 3.05) is 5.32 Å². The van der Waals surface area contributed by atoms with E-state index in [9.17, 15) is 13.6 Å². The summed E-state index contributed by atoms with van der Waals surface area (Å²) < 4.78 is 32.4. The minimum atomic E-state index is -0.709. The maximum absolute atomic E-state index is 14.5. The van der Waals surface area contributed by atoms with Gasteiger partial charge in [0.15, 0.2) is 0 Å². The van der Waals surface area contributed by atoms with Crippen molar-refractivity contribution in [3.05, 3.63) is 131 Å². The third-order valence-electron chi connectivity index (χ3n) is 6.88. The number of nitrogens with zero attached hydrogens (tertiary/aromatic N) is 4. The Labute approximate surface area is 218 Å². The molecule has 0 fully saturated rings. The second-order valence-electron chi connectivity index (χ2n) is 9.44. The van der Waals surface area contributed by atoms with E-state index in [0.29, 0.717) is 0 Å². The van der Waals surface area contributed by atoms with Crippen LogP contribution in [0.15, 0.2) is 91.1 Å². The summed E-state index contributed by atoms with van der Waals surface area (Å²) >= 11 is 0. The topological polar surface area (TPSA) is 55.1 Å². The van der Waals surface area contributed by atoms with Gasteiger partial charge in [0.05, 0.1) is 35.3 Å². The Morgan fingerprint density at radius 1 is 0.947 bits per heavy atom. The van der Waals surface area contributed by atoms with E-state index in [1.54, 1.807) is 4.90 Å². The summed E-state index contributed by atoms with van der Waals surface area (Å²) in [5.74, 6) is -0.513. The van der Waals surface area contributed by atoms with Crippen molar-refractivity contribution in [1.29, 1.82) is 0 Å². The fourth-order valence-corrected chi connectivity index (χ4v) is 5.12. The molecule has 0 radical (unpaired) electrons. The molecule has 1 aliphatic heterocycles. The first kappa shape index (κ1) is 23.7. The molecular formula is C30H25F2N5O. The van der Waals surface area contributed by atoms with Crippen molar-refractivity contribution in [3.63, 3.8) is 0 Å². The van der Waals surface area contributed by atoms with E-state index >= 15 is 0 Å². The Morgan fingerprint density at radius 3 is 2.55 bits per heavy atom. The first-order valence-corrected chi connectivity index (χ1v) is 12.3. The highest BCUT2D eigenvalue weighted by Gasteiger charge is 2.36. The Balaban J connectivity index is 1.54. The monoisotopic (exact) mass is 509 g/mol. The molecule has 1 atom stereocenters. The third-order valence-corrected chi connectivity index (χ3v) is 6.88. The summed E-state index contributed by atoms with van der Waals surface area (Å²) in [6.07, 6.45) is 1.96. The molecule has 2 amide bonds. The highest BCUT2D eigenvalue weighted by atomic mass is 19.1. The summed E-state index contributed by atoms with van der Waals surface area (Å²) in [5.41, 5.74) is 5.10. The number of halogens is 2. The number of para-hydroxylation sites is 1. The van der Waals surface area contributed by atoms with Crippen molar-refractivity contribution in [2.24, 2.45) is 0 Å². The standard InChI is InChI=1S/C30H25F2N5O/c1-19-8-6-9-21(16-19)28-27-12-7-15-35(27)29-24(20(2)34-37(29)23-10-4-3-5-11-23)18-36(28)30(38)33-26-17-22(31)13-14-25(26)32/h3-17,28H,18H2,1-2H3,(H,33,38)/t28-/m0/s1. The minimum Gasteiger partial charge on any atom is -0.307 e. The van der Waals surface area contributed by atoms with Crippen molar-refractivity contribution in [2.45, 2.75) is 26.4 Å². The molecule has 1 aliphatic rings. The fourth-order valence-electron chi connectivity index (χ4n) is 5.12. The number of aryl methyl sites for hydroxylation is 2. The van der Waals surface area contributed by atoms with Crippen LogP contribution in [0, 0.1) is 25.5 Å². The summed E-state index contributed by atoms with van der Waals surface area (Å²) in [6, 6.07) is 23.7. The van der Waals surface area contributed by atoms with Gasteiger partial charge in [0.25, 0.3) is 0 Å². The van der Waals surface area contributed by atoms with Gasteiger partial charge in [0.1, 0.15) is 17.5 Å². The largest absolute Gasteiger partial charge is 0.323 e. The SMILES string of the molecule is Cc1cccc([C@H]2c3cccn3-c3c(c(C)nn3-c3ccccc3)CN2C(=O)Nc2cc(F)ccc2F)c1. The molecule has 0 spiro atoms. The van der Waals surface area contributed by atoms with E-state index in [1.165, 1.54) is 0 Å². The average molecular weight is 510 g/mol. The van der Waals surface area contributed by atoms with Crippen LogP contribution in [-0.4, -0.2) is 25.3 Å². The predicted octanol–water partition coefficient (Wildman–Crippen LogP) is 6.70. The van der Waals surface area contributed by atoms with Gasteiger partial charge >= 0.3 is 6.03 Å². The van der Waals surface area contributed by atoms with E-state index in [2.05, 4.69) is 9.88 Å². The highest BCUT2D eigenvalue weighted by Crippen LogP contribution is 2.39. The van der Waals surface area contributed by atoms with Gasteiger partial charge in [-0.1, -0.05) is 48.0 Å². The second-order valence-corrected chi connectivity index (χ2v) is 9.44. The lowest BCUT2D eigenvalue weighted by molar-refractivity contribution is 0.194. The lowest BCUT2D eigenvalue weighted by Crippen LogP contribution is -2.38. The normalized spacial score (nSPS) is 14.5. The fraction of sp³-hybridized carbons (Fsp3) is 0.133. The van der Waals surface area contributed by atoms with E-state index in [4.69, 9.17) is 5.10 Å². The van der Waals surface area contributed by atoms with Crippen molar-refractivity contribution in [1.82, 2.24) is 19.2 Å². The molecule has 0 bridgehead atoms. The number of aromatic nitrogens is 3. The molecule has 38 heavy (non-hydrogen) atoms. The third kappa shape index (κ3) is 4.04. The first-order chi connectivity index (χ1) is 18.4. The zero-order chi connectivity index (χ0) is 26.4. The molecular weight excluding hydrogens is 484 g/mol. The molecule has 3 heterocycles. The van der Waals surface area contributed by atoms with Gasteiger partial charge in [-0.05, 0) is 55.8 Å². The molecule has 0 saturated heterocycles. The lowest BCUT2D eigenvalue weighted by Gasteiger charge is -2.31. The van der Waals surface area contributed by atoms with Crippen LogP contribution in [0.1, 0.15) is 34.1 Å². The van der Waals surface area contributed by atoms with Crippen molar-refractivity contribution < 1.29 is 13.6 Å². The zero-order valence-corrected chi connectivity index (χ0v) is 20.9. The smallest absolute Gasteiger partial charge is 0.307 e. The number of benzene rings is 3. The van der Waals surface area contributed by atoms with Crippen LogP contribution in [-0.2, 0) is 6.54 Å². The maximum Gasteiger partial charge on any atom is 0.323 e. The van der Waals surface area contributed by atoms with E-state index in [0.717, 1.165) is 57.8 Å². The number of hydrogen-bond acceptors (Lipinski definition) is 2. The Hall–Kier alpha value is -4.72. The average Bonchev–Trinajstić information content (AvgIpc) is 3.47. The Morgan fingerprint density at radius 2 is 1.76 bits per heavy atom. The van der Waals surface area contributed by atoms with Gasteiger partial charge < -0.3 is 14.8 Å². The van der Waals surface area contributed by atoms with E-state index in [-0.39, 0.29) is 12.2 Å². The predicted molar refractivity (Wildman–Crippen MR) is 142 cm³/mol. The van der Waals surface area contributed by atoms with Crippen LogP contribution in [0.4, 0.5) is 19.3 Å². The van der Waals surface area contributed by atoms with Crippen molar-refractivity contribution in [3.8, 4) is 11.5 Å². The number of anilines is 1. The van der Waals surface area contributed by atoms with Crippen LogP contribution < -0.4 is 5.32 Å². The molecule has 0 aliphatic carbocycles. The lowest BCUT2D eigenvalue weighted by atomic mass is 10.00. The molecule has 6 nitrogen and oxygen atoms in total. The van der Waals surface area contributed by atoms with Crippen LogP contribution in [0.3, 0.4) is 0 Å². The quantitative estimate of drug-likeness (QED) is 0.294. The number of amides is 2. The number of nitrogens with one attached hydrogen (secondary N) is 1. The van der Waals surface area contributed by atoms with Gasteiger partial charge in [0, 0.05) is 17.8 Å². The number of urea groups is 1. The minimum absolute atomic E-state index is 0.205. The molecule has 0 unspecified atom stereocenters. The summed E-state index contributed by atoms with van der Waals surface area (Å²) in [5, 5.41) is 7.44. The molecule has 8 heteroatoms. The van der Waals surface area contributed by atoms with Gasteiger partial charge in [-0.15, -0.1) is 0 Å². The van der Waals surface area contributed by atoms with Crippen LogP contribution in [0.25, 0.3) is 11.5 Å². The van der Waals surface area contributed by atoms with Crippen LogP contribution >= 0.6 is 0 Å². The molecule has 1 N–H and O–H groups in total. The molecule has 6 rings (SSSR count). The zero-order valence-electron chi connectivity index (χ0n) is 20.9. The Kier molecular flexibility index (Phi) is 5.79. The summed E-state index contributed by atoms with van der Waals surface area (Å²) in [4.78, 5) is 15.5. The number of hydrogen-bond donors (Lipinski definition) is 1.